The number of esters is 1. The summed E-state index contributed by atoms with van der Waals surface area (Å²) < 4.78 is 14.3. The average molecular weight is 742 g/mol. The van der Waals surface area contributed by atoms with Crippen LogP contribution in [-0.4, -0.2) is 97.1 Å². The van der Waals surface area contributed by atoms with Crippen molar-refractivity contribution in [3.05, 3.63) is 42.0 Å². The predicted octanol–water partition coefficient (Wildman–Crippen LogP) is 1.43. The van der Waals surface area contributed by atoms with Gasteiger partial charge in [0.05, 0.1) is 18.7 Å². The molecule has 0 aliphatic heterocycles. The van der Waals surface area contributed by atoms with E-state index in [1.165, 1.54) is 38.4 Å². The van der Waals surface area contributed by atoms with E-state index >= 15 is 0 Å². The van der Waals surface area contributed by atoms with E-state index < -0.39 is 41.3 Å². The second kappa shape index (κ2) is 18.9. The molecule has 0 spiro atoms. The Labute approximate surface area is 305 Å². The molecule has 0 aliphatic carbocycles. The zero-order valence-electron chi connectivity index (χ0n) is 30.9. The van der Waals surface area contributed by atoms with Crippen molar-refractivity contribution in [1.29, 1.82) is 0 Å². The molecule has 0 atom stereocenters. The highest BCUT2D eigenvalue weighted by Crippen LogP contribution is 2.16. The van der Waals surface area contributed by atoms with Gasteiger partial charge in [0.2, 0.25) is 23.5 Å². The number of carbonyl (C=O) groups is 7. The normalized spacial score (nSPS) is 10.9. The molecule has 0 radical (unpaired) electrons. The topological polar surface area (TPSA) is 251 Å². The summed E-state index contributed by atoms with van der Waals surface area (Å²) in [7, 11) is 4.77. The van der Waals surface area contributed by atoms with Crippen LogP contribution in [0.15, 0.2) is 24.7 Å². The number of carbonyl (C=O) groups excluding carboxylic acids is 7. The number of rotatable bonds is 17. The lowest BCUT2D eigenvalue weighted by molar-refractivity contribution is -0.142. The Morgan fingerprint density at radius 3 is 1.83 bits per heavy atom. The lowest BCUT2D eigenvalue weighted by Crippen LogP contribution is -2.33. The smallest absolute Gasteiger partial charge is 0.407 e. The van der Waals surface area contributed by atoms with Crippen molar-refractivity contribution in [1.82, 2.24) is 39.6 Å². The number of amides is 6. The summed E-state index contributed by atoms with van der Waals surface area (Å²) >= 11 is 0. The molecular weight excluding hydrogens is 694 g/mol. The summed E-state index contributed by atoms with van der Waals surface area (Å²) in [6.45, 7) is 7.45. The molecule has 288 valence electrons. The van der Waals surface area contributed by atoms with Crippen LogP contribution >= 0.6 is 0 Å². The molecule has 0 fully saturated rings. The summed E-state index contributed by atoms with van der Waals surface area (Å²) in [5, 5.41) is 15.7. The first-order valence-electron chi connectivity index (χ1n) is 16.8. The molecule has 20 heteroatoms. The van der Waals surface area contributed by atoms with Crippen molar-refractivity contribution in [2.45, 2.75) is 59.0 Å². The third-order valence-corrected chi connectivity index (χ3v) is 7.00. The number of ether oxygens (including phenoxy) is 2. The second-order valence-corrected chi connectivity index (χ2v) is 12.7. The highest BCUT2D eigenvalue weighted by Gasteiger charge is 2.20. The molecule has 0 unspecified atom stereocenters. The first-order chi connectivity index (χ1) is 24.9. The van der Waals surface area contributed by atoms with Gasteiger partial charge in [-0.05, 0) is 40.2 Å². The molecule has 0 aliphatic rings. The molecule has 0 saturated carbocycles. The van der Waals surface area contributed by atoms with Crippen LogP contribution in [0.2, 0.25) is 0 Å². The molecule has 3 rings (SSSR count). The Kier molecular flexibility index (Phi) is 14.7. The van der Waals surface area contributed by atoms with Gasteiger partial charge in [-0.1, -0.05) is 0 Å². The van der Waals surface area contributed by atoms with Gasteiger partial charge < -0.3 is 55.1 Å². The maximum atomic E-state index is 13.0. The van der Waals surface area contributed by atoms with E-state index in [4.69, 9.17) is 9.47 Å². The number of anilines is 3. The second-order valence-electron chi connectivity index (χ2n) is 12.7. The van der Waals surface area contributed by atoms with E-state index in [-0.39, 0.29) is 80.4 Å². The minimum atomic E-state index is -0.624. The lowest BCUT2D eigenvalue weighted by Gasteiger charge is -2.19. The van der Waals surface area contributed by atoms with E-state index in [9.17, 15) is 33.6 Å². The van der Waals surface area contributed by atoms with Crippen LogP contribution in [0.3, 0.4) is 0 Å². The molecule has 3 heterocycles. The van der Waals surface area contributed by atoms with E-state index in [2.05, 4.69) is 41.9 Å². The minimum Gasteiger partial charge on any atom is -0.466 e. The van der Waals surface area contributed by atoms with Crippen LogP contribution in [-0.2, 0) is 45.0 Å². The lowest BCUT2D eigenvalue weighted by atomic mass is 10.2. The van der Waals surface area contributed by atoms with Gasteiger partial charge in [0.25, 0.3) is 17.7 Å². The molecule has 20 nitrogen and oxygen atoms in total. The summed E-state index contributed by atoms with van der Waals surface area (Å²) in [5.41, 5.74) is -0.0997. The largest absolute Gasteiger partial charge is 0.466 e. The zero-order valence-corrected chi connectivity index (χ0v) is 30.9. The molecule has 0 bridgehead atoms. The first-order valence-corrected chi connectivity index (χ1v) is 16.8. The third-order valence-electron chi connectivity index (χ3n) is 7.00. The van der Waals surface area contributed by atoms with Gasteiger partial charge in [0.15, 0.2) is 11.6 Å². The van der Waals surface area contributed by atoms with Crippen molar-refractivity contribution < 1.29 is 43.0 Å². The fourth-order valence-electron chi connectivity index (χ4n) is 4.66. The van der Waals surface area contributed by atoms with Crippen molar-refractivity contribution in [3.63, 3.8) is 0 Å². The number of nitrogens with one attached hydrogen (secondary N) is 6. The Morgan fingerprint density at radius 1 is 0.679 bits per heavy atom. The predicted molar refractivity (Wildman–Crippen MR) is 191 cm³/mol. The Balaban J connectivity index is 1.42. The third kappa shape index (κ3) is 13.5. The maximum absolute atomic E-state index is 13.0. The van der Waals surface area contributed by atoms with Crippen molar-refractivity contribution in [2.24, 2.45) is 21.1 Å². The van der Waals surface area contributed by atoms with Crippen LogP contribution in [0, 0.1) is 0 Å². The molecule has 3 aromatic heterocycles. The van der Waals surface area contributed by atoms with E-state index in [1.54, 1.807) is 48.8 Å². The number of nitrogens with zero attached hydrogens (tertiary/aromatic N) is 5. The summed E-state index contributed by atoms with van der Waals surface area (Å²) in [4.78, 5) is 94.6. The van der Waals surface area contributed by atoms with E-state index in [0.717, 1.165) is 0 Å². The number of hydrogen-bond donors (Lipinski definition) is 6. The van der Waals surface area contributed by atoms with E-state index in [0.29, 0.717) is 12.1 Å². The Bertz CT molecular complexity index is 1820. The summed E-state index contributed by atoms with van der Waals surface area (Å²) in [6, 6.07) is 1.46. The molecule has 0 saturated heterocycles. The van der Waals surface area contributed by atoms with Crippen molar-refractivity contribution >= 4 is 58.9 Å². The van der Waals surface area contributed by atoms with Crippen LogP contribution < -0.4 is 31.9 Å². The van der Waals surface area contributed by atoms with Gasteiger partial charge in [-0.15, -0.1) is 0 Å². The molecular formula is C33H47N11O9. The minimum absolute atomic E-state index is 0.00448. The van der Waals surface area contributed by atoms with Crippen molar-refractivity contribution in [2.75, 3.05) is 42.2 Å². The summed E-state index contributed by atoms with van der Waals surface area (Å²) in [5.74, 6) is -2.55. The molecule has 6 N–H and O–H groups in total. The summed E-state index contributed by atoms with van der Waals surface area (Å²) in [6.07, 6.45) is 4.27. The number of aromatic nitrogens is 5. The fourth-order valence-corrected chi connectivity index (χ4v) is 4.66. The molecule has 3 aromatic rings. The van der Waals surface area contributed by atoms with Gasteiger partial charge >= 0.3 is 12.1 Å². The molecule has 0 aromatic carbocycles. The SMILES string of the molecule is CCOC(=O)CCNC(=O)c1nc(NC(=O)c2cc(NC(=O)CCNC(=O)c3nc(NC(=O)CCCNC(=O)OC(C)(C)C)cn3C)cn2C)cn1C. The fraction of sp³-hybridized carbons (Fsp3) is 0.485. The van der Waals surface area contributed by atoms with Crippen LogP contribution in [0.5, 0.6) is 0 Å². The average Bonchev–Trinajstić information content (AvgIpc) is 3.73. The number of aryl methyl sites for hydroxylation is 3. The van der Waals surface area contributed by atoms with Gasteiger partial charge in [-0.25, -0.2) is 14.8 Å². The standard InChI is InChI=1S/C33H47N11O9/c1-8-52-26(47)12-15-35-31(50)28-40-23(19-44(28)7)41-29(48)21-16-20(17-42(21)5)37-25(46)11-14-34-30(49)27-39-22(18-43(27)6)38-24(45)10-9-13-36-32(51)53-33(2,3)4/h16-19H,8-15H2,1-7H3,(H,34,49)(H,35,50)(H,36,51)(H,37,46)(H,38,45)(H,41,48). The number of hydrogen-bond acceptors (Lipinski definition) is 11. The van der Waals surface area contributed by atoms with Gasteiger partial charge in [0, 0.05) is 72.2 Å². The van der Waals surface area contributed by atoms with Crippen molar-refractivity contribution in [3.8, 4) is 0 Å². The monoisotopic (exact) mass is 741 g/mol. The number of imidazole rings is 2. The first kappa shape index (κ1) is 41.2. The quantitative estimate of drug-likeness (QED) is 0.0853. The molecule has 53 heavy (non-hydrogen) atoms. The van der Waals surface area contributed by atoms with Crippen LogP contribution in [0.4, 0.5) is 22.1 Å². The van der Waals surface area contributed by atoms with E-state index in [1.807, 2.05) is 0 Å². The zero-order chi connectivity index (χ0) is 39.3. The Morgan fingerprint density at radius 2 is 1.25 bits per heavy atom. The molecule has 6 amide bonds. The highest BCUT2D eigenvalue weighted by atomic mass is 16.6. The van der Waals surface area contributed by atoms with Crippen LogP contribution in [0.1, 0.15) is 85.1 Å². The van der Waals surface area contributed by atoms with Gasteiger partial charge in [0.1, 0.15) is 11.3 Å². The highest BCUT2D eigenvalue weighted by molar-refractivity contribution is 6.04. The maximum Gasteiger partial charge on any atom is 0.407 e. The van der Waals surface area contributed by atoms with Crippen LogP contribution in [0.25, 0.3) is 0 Å². The van der Waals surface area contributed by atoms with Gasteiger partial charge in [-0.3, -0.25) is 28.8 Å². The Hall–Kier alpha value is -6.21. The van der Waals surface area contributed by atoms with Gasteiger partial charge in [-0.2, -0.15) is 0 Å². The number of alkyl carbamates (subject to hydrolysis) is 1.